The van der Waals surface area contributed by atoms with E-state index in [0.29, 0.717) is 0 Å². The molecule has 1 aromatic heterocycles. The minimum absolute atomic E-state index is 0.109. The van der Waals surface area contributed by atoms with E-state index >= 15 is 0 Å². The largest absolute Gasteiger partial charge is 0.459 e. The highest BCUT2D eigenvalue weighted by molar-refractivity contribution is 5.83. The van der Waals surface area contributed by atoms with Crippen molar-refractivity contribution in [2.75, 3.05) is 6.61 Å². The van der Waals surface area contributed by atoms with E-state index in [1.165, 1.54) is 12.1 Å². The Hall–Kier alpha value is -2.42. The molecule has 1 heterocycles. The van der Waals surface area contributed by atoms with E-state index in [4.69, 9.17) is 5.73 Å². The van der Waals surface area contributed by atoms with Crippen LogP contribution in [0.1, 0.15) is 40.6 Å². The van der Waals surface area contributed by atoms with E-state index in [-0.39, 0.29) is 18.0 Å². The fourth-order valence-electron chi connectivity index (χ4n) is 1.69. The van der Waals surface area contributed by atoms with Gasteiger partial charge in [-0.2, -0.15) is 18.2 Å². The van der Waals surface area contributed by atoms with Crippen LogP contribution in [0, 0.1) is 0 Å². The number of hydrogen-bond acceptors (Lipinski definition) is 6. The van der Waals surface area contributed by atoms with Crippen molar-refractivity contribution in [2.45, 2.75) is 19.1 Å². The zero-order valence-corrected chi connectivity index (χ0v) is 11.4. The van der Waals surface area contributed by atoms with Crippen LogP contribution in [-0.2, 0) is 10.9 Å². The topological polar surface area (TPSA) is 91.2 Å². The molecule has 0 fully saturated rings. The molecule has 0 amide bonds. The number of alkyl halides is 3. The minimum Gasteiger partial charge on any atom is -0.459 e. The van der Waals surface area contributed by atoms with E-state index < -0.39 is 29.6 Å². The smallest absolute Gasteiger partial charge is 0.416 e. The molecule has 2 N–H and O–H groups in total. The number of benzene rings is 1. The summed E-state index contributed by atoms with van der Waals surface area (Å²) in [4.78, 5) is 15.1. The third-order valence-corrected chi connectivity index (χ3v) is 2.74. The fourth-order valence-corrected chi connectivity index (χ4v) is 1.69. The lowest BCUT2D eigenvalue weighted by Crippen LogP contribution is -2.15. The van der Waals surface area contributed by atoms with Crippen LogP contribution in [0.4, 0.5) is 13.2 Å². The highest BCUT2D eigenvalue weighted by Gasteiger charge is 2.31. The number of esters is 1. The molecular weight excluding hydrogens is 303 g/mol. The Balaban J connectivity index is 2.25. The second kappa shape index (κ2) is 6.14. The van der Waals surface area contributed by atoms with Crippen molar-refractivity contribution < 1.29 is 27.2 Å². The van der Waals surface area contributed by atoms with Crippen LogP contribution in [-0.4, -0.2) is 22.7 Å². The molecule has 9 heteroatoms. The highest BCUT2D eigenvalue weighted by Crippen LogP contribution is 2.31. The first-order valence-corrected chi connectivity index (χ1v) is 6.26. The third kappa shape index (κ3) is 3.42. The average Bonchev–Trinajstić information content (AvgIpc) is 2.96. The molecule has 0 aliphatic heterocycles. The molecule has 0 bridgehead atoms. The van der Waals surface area contributed by atoms with Gasteiger partial charge in [0.25, 0.3) is 0 Å². The number of nitrogens with zero attached hydrogens (tertiary/aromatic N) is 2. The van der Waals surface area contributed by atoms with Gasteiger partial charge in [-0.3, -0.25) is 0 Å². The van der Waals surface area contributed by atoms with Crippen LogP contribution in [0.3, 0.4) is 0 Å². The van der Waals surface area contributed by atoms with Gasteiger partial charge < -0.3 is 15.0 Å². The van der Waals surface area contributed by atoms with Gasteiger partial charge in [-0.05, 0) is 24.6 Å². The summed E-state index contributed by atoms with van der Waals surface area (Å²) in [7, 11) is 0. The summed E-state index contributed by atoms with van der Waals surface area (Å²) in [5.74, 6) is -1.33. The second-order valence-corrected chi connectivity index (χ2v) is 4.28. The molecular formula is C13H12F3N3O3. The number of ether oxygens (including phenoxy) is 1. The Labute approximate surface area is 123 Å². The van der Waals surface area contributed by atoms with Gasteiger partial charge in [0.2, 0.25) is 0 Å². The molecule has 2 aromatic rings. The van der Waals surface area contributed by atoms with Gasteiger partial charge in [-0.15, -0.1) is 0 Å². The number of carbonyl (C=O) groups is 1. The first-order chi connectivity index (χ1) is 10.3. The second-order valence-electron chi connectivity index (χ2n) is 4.28. The lowest BCUT2D eigenvalue weighted by atomic mass is 10.0. The Morgan fingerprint density at radius 3 is 2.82 bits per heavy atom. The van der Waals surface area contributed by atoms with Crippen molar-refractivity contribution in [2.24, 2.45) is 5.73 Å². The van der Waals surface area contributed by atoms with Crippen LogP contribution in [0.25, 0.3) is 0 Å². The van der Waals surface area contributed by atoms with Crippen LogP contribution in [0.5, 0.6) is 0 Å². The highest BCUT2D eigenvalue weighted by atomic mass is 19.4. The molecule has 0 saturated heterocycles. The molecule has 22 heavy (non-hydrogen) atoms. The zero-order valence-electron chi connectivity index (χ0n) is 11.4. The normalized spacial score (nSPS) is 13.0. The monoisotopic (exact) mass is 315 g/mol. The van der Waals surface area contributed by atoms with Gasteiger partial charge in [0, 0.05) is 0 Å². The summed E-state index contributed by atoms with van der Waals surface area (Å²) in [6, 6.07) is 3.39. The molecule has 0 aliphatic rings. The Bertz CT molecular complexity index is 670. The number of halogens is 3. The van der Waals surface area contributed by atoms with Crippen LogP contribution in [0.15, 0.2) is 28.8 Å². The van der Waals surface area contributed by atoms with E-state index in [1.807, 2.05) is 0 Å². The number of hydrogen-bond donors (Lipinski definition) is 1. The maximum absolute atomic E-state index is 12.7. The molecule has 1 unspecified atom stereocenters. The van der Waals surface area contributed by atoms with Crippen molar-refractivity contribution in [1.29, 1.82) is 0 Å². The SMILES string of the molecule is CCOC(=O)c1nc(C(N)c2cccc(C(F)(F)F)c2)no1. The minimum atomic E-state index is -4.48. The lowest BCUT2D eigenvalue weighted by Gasteiger charge is -2.11. The van der Waals surface area contributed by atoms with Gasteiger partial charge in [0.05, 0.1) is 18.2 Å². The van der Waals surface area contributed by atoms with E-state index in [9.17, 15) is 18.0 Å². The number of carbonyl (C=O) groups excluding carboxylic acids is 1. The maximum atomic E-state index is 12.7. The molecule has 0 radical (unpaired) electrons. The fraction of sp³-hybridized carbons (Fsp3) is 0.308. The quantitative estimate of drug-likeness (QED) is 0.871. The number of rotatable bonds is 4. The molecule has 2 rings (SSSR count). The van der Waals surface area contributed by atoms with Gasteiger partial charge in [-0.1, -0.05) is 17.3 Å². The molecule has 118 valence electrons. The summed E-state index contributed by atoms with van der Waals surface area (Å²) >= 11 is 0. The van der Waals surface area contributed by atoms with E-state index in [0.717, 1.165) is 12.1 Å². The third-order valence-electron chi connectivity index (χ3n) is 2.74. The number of nitrogens with two attached hydrogens (primary N) is 1. The standard InChI is InChI=1S/C13H12F3N3O3/c1-2-21-12(20)11-18-10(19-22-11)9(17)7-4-3-5-8(6-7)13(14,15)16/h3-6,9H,2,17H2,1H3. The van der Waals surface area contributed by atoms with Crippen molar-refractivity contribution in [3.63, 3.8) is 0 Å². The van der Waals surface area contributed by atoms with E-state index in [2.05, 4.69) is 19.4 Å². The van der Waals surface area contributed by atoms with Crippen LogP contribution in [0.2, 0.25) is 0 Å². The lowest BCUT2D eigenvalue weighted by molar-refractivity contribution is -0.137. The molecule has 0 aliphatic carbocycles. The van der Waals surface area contributed by atoms with Gasteiger partial charge in [0.15, 0.2) is 5.82 Å². The van der Waals surface area contributed by atoms with Crippen molar-refractivity contribution in [1.82, 2.24) is 10.1 Å². The van der Waals surface area contributed by atoms with Crippen LogP contribution < -0.4 is 5.73 Å². The molecule has 0 saturated carbocycles. The zero-order chi connectivity index (χ0) is 16.3. The first-order valence-electron chi connectivity index (χ1n) is 6.26. The maximum Gasteiger partial charge on any atom is 0.416 e. The summed E-state index contributed by atoms with van der Waals surface area (Å²) in [5, 5.41) is 3.49. The average molecular weight is 315 g/mol. The Kier molecular flexibility index (Phi) is 4.45. The Morgan fingerprint density at radius 2 is 2.18 bits per heavy atom. The summed E-state index contributed by atoms with van der Waals surface area (Å²) in [6.45, 7) is 1.72. The van der Waals surface area contributed by atoms with Gasteiger partial charge >= 0.3 is 18.0 Å². The molecule has 0 spiro atoms. The summed E-state index contributed by atoms with van der Waals surface area (Å²) in [6.07, 6.45) is -4.48. The van der Waals surface area contributed by atoms with Crippen molar-refractivity contribution in [3.05, 3.63) is 47.1 Å². The summed E-state index contributed by atoms with van der Waals surface area (Å²) < 4.78 is 47.4. The van der Waals surface area contributed by atoms with Crippen molar-refractivity contribution in [3.8, 4) is 0 Å². The van der Waals surface area contributed by atoms with Crippen LogP contribution >= 0.6 is 0 Å². The first kappa shape index (κ1) is 16.0. The van der Waals surface area contributed by atoms with Gasteiger partial charge in [-0.25, -0.2) is 4.79 Å². The van der Waals surface area contributed by atoms with E-state index in [1.54, 1.807) is 6.92 Å². The predicted molar refractivity (Wildman–Crippen MR) is 67.7 cm³/mol. The molecule has 6 nitrogen and oxygen atoms in total. The molecule has 1 aromatic carbocycles. The summed E-state index contributed by atoms with van der Waals surface area (Å²) in [5.41, 5.74) is 5.12. The predicted octanol–water partition coefficient (Wildman–Crippen LogP) is 2.31. The molecule has 1 atom stereocenters. The number of aromatic nitrogens is 2. The Morgan fingerprint density at radius 1 is 1.45 bits per heavy atom. The van der Waals surface area contributed by atoms with Crippen molar-refractivity contribution >= 4 is 5.97 Å². The van der Waals surface area contributed by atoms with Gasteiger partial charge in [0.1, 0.15) is 0 Å².